The zero-order valence-corrected chi connectivity index (χ0v) is 13.0. The molecule has 2 heterocycles. The van der Waals surface area contributed by atoms with E-state index in [1.54, 1.807) is 0 Å². The van der Waals surface area contributed by atoms with E-state index in [1.807, 2.05) is 0 Å². The van der Waals surface area contributed by atoms with Crippen LogP contribution in [0.2, 0.25) is 0 Å². The van der Waals surface area contributed by atoms with Gasteiger partial charge in [0.15, 0.2) is 0 Å². The quantitative estimate of drug-likeness (QED) is 0.890. The number of benzene rings is 1. The first kappa shape index (κ1) is 13.2. The van der Waals surface area contributed by atoms with Gasteiger partial charge in [0.2, 0.25) is 0 Å². The second kappa shape index (κ2) is 5.27. The van der Waals surface area contributed by atoms with Gasteiger partial charge < -0.3 is 10.3 Å². The molecule has 1 aromatic heterocycles. The summed E-state index contributed by atoms with van der Waals surface area (Å²) in [5, 5.41) is 4.91. The Hall–Kier alpha value is -0.840. The molecule has 3 rings (SSSR count). The Morgan fingerprint density at radius 3 is 2.74 bits per heavy atom. The van der Waals surface area contributed by atoms with E-state index in [4.69, 9.17) is 0 Å². The lowest BCUT2D eigenvalue weighted by Gasteiger charge is -2.36. The molecule has 1 aliphatic heterocycles. The third-order valence-electron chi connectivity index (χ3n) is 3.76. The topological polar surface area (TPSA) is 31.1 Å². The van der Waals surface area contributed by atoms with E-state index >= 15 is 0 Å². The SMILES string of the molecule is CC1CN(Cc2c[nH]c3ccc(Br)cc23)CC(C)N1. The largest absolute Gasteiger partial charge is 0.361 e. The van der Waals surface area contributed by atoms with Gasteiger partial charge >= 0.3 is 0 Å². The molecule has 2 unspecified atom stereocenters. The fraction of sp³-hybridized carbons (Fsp3) is 0.467. The van der Waals surface area contributed by atoms with Crippen LogP contribution in [0.25, 0.3) is 10.9 Å². The molecule has 1 aliphatic rings. The van der Waals surface area contributed by atoms with E-state index in [0.717, 1.165) is 24.1 Å². The van der Waals surface area contributed by atoms with Crippen LogP contribution in [0, 0.1) is 0 Å². The van der Waals surface area contributed by atoms with Crippen LogP contribution >= 0.6 is 15.9 Å². The maximum absolute atomic E-state index is 3.58. The Kier molecular flexibility index (Phi) is 3.65. The van der Waals surface area contributed by atoms with Crippen LogP contribution in [0.4, 0.5) is 0 Å². The second-order valence-corrected chi connectivity index (χ2v) is 6.58. The fourth-order valence-electron chi connectivity index (χ4n) is 3.09. The molecule has 1 aromatic carbocycles. The van der Waals surface area contributed by atoms with Crippen molar-refractivity contribution in [1.29, 1.82) is 0 Å². The first-order chi connectivity index (χ1) is 9.11. The van der Waals surface area contributed by atoms with Crippen molar-refractivity contribution < 1.29 is 0 Å². The van der Waals surface area contributed by atoms with Crippen molar-refractivity contribution in [3.63, 3.8) is 0 Å². The normalized spacial score (nSPS) is 25.0. The molecule has 0 bridgehead atoms. The molecule has 4 heteroatoms. The monoisotopic (exact) mass is 321 g/mol. The summed E-state index contributed by atoms with van der Waals surface area (Å²) in [6.07, 6.45) is 2.15. The summed E-state index contributed by atoms with van der Waals surface area (Å²) in [7, 11) is 0. The Morgan fingerprint density at radius 2 is 2.00 bits per heavy atom. The van der Waals surface area contributed by atoms with Gasteiger partial charge in [0.05, 0.1) is 0 Å². The zero-order chi connectivity index (χ0) is 13.4. The fourth-order valence-corrected chi connectivity index (χ4v) is 3.45. The van der Waals surface area contributed by atoms with E-state index in [2.05, 4.69) is 69.4 Å². The maximum Gasteiger partial charge on any atom is 0.0458 e. The molecule has 1 saturated heterocycles. The van der Waals surface area contributed by atoms with Crippen molar-refractivity contribution in [3.8, 4) is 0 Å². The summed E-state index contributed by atoms with van der Waals surface area (Å²) >= 11 is 3.56. The highest BCUT2D eigenvalue weighted by atomic mass is 79.9. The lowest BCUT2D eigenvalue weighted by Crippen LogP contribution is -2.53. The molecule has 2 atom stereocenters. The smallest absolute Gasteiger partial charge is 0.0458 e. The molecule has 19 heavy (non-hydrogen) atoms. The number of aromatic amines is 1. The number of rotatable bonds is 2. The summed E-state index contributed by atoms with van der Waals surface area (Å²) in [4.78, 5) is 5.90. The lowest BCUT2D eigenvalue weighted by molar-refractivity contribution is 0.167. The van der Waals surface area contributed by atoms with Crippen LogP contribution in [-0.4, -0.2) is 35.1 Å². The average Bonchev–Trinajstić information content (AvgIpc) is 2.70. The summed E-state index contributed by atoms with van der Waals surface area (Å²) in [6.45, 7) is 7.77. The molecule has 102 valence electrons. The number of H-pyrrole nitrogens is 1. The molecule has 1 fully saturated rings. The summed E-state index contributed by atoms with van der Waals surface area (Å²) in [5.74, 6) is 0. The number of hydrogen-bond acceptors (Lipinski definition) is 2. The van der Waals surface area contributed by atoms with Gasteiger partial charge in [0.1, 0.15) is 0 Å². The molecule has 0 radical (unpaired) electrons. The van der Waals surface area contributed by atoms with Crippen molar-refractivity contribution in [1.82, 2.24) is 15.2 Å². The minimum Gasteiger partial charge on any atom is -0.361 e. The Labute approximate surface area is 122 Å². The van der Waals surface area contributed by atoms with Crippen LogP contribution in [0.5, 0.6) is 0 Å². The van der Waals surface area contributed by atoms with E-state index in [1.165, 1.54) is 16.5 Å². The van der Waals surface area contributed by atoms with Crippen molar-refractivity contribution in [2.45, 2.75) is 32.5 Å². The molecular weight excluding hydrogens is 302 g/mol. The van der Waals surface area contributed by atoms with Gasteiger partial charge in [0.25, 0.3) is 0 Å². The average molecular weight is 322 g/mol. The first-order valence-corrected chi connectivity index (χ1v) is 7.65. The zero-order valence-electron chi connectivity index (χ0n) is 11.4. The molecular formula is C15H20BrN3. The van der Waals surface area contributed by atoms with Gasteiger partial charge in [-0.05, 0) is 37.6 Å². The summed E-state index contributed by atoms with van der Waals surface area (Å²) in [6, 6.07) is 7.56. The van der Waals surface area contributed by atoms with Gasteiger partial charge in [-0.25, -0.2) is 0 Å². The molecule has 2 N–H and O–H groups in total. The third kappa shape index (κ3) is 2.86. The van der Waals surface area contributed by atoms with E-state index < -0.39 is 0 Å². The van der Waals surface area contributed by atoms with E-state index in [-0.39, 0.29) is 0 Å². The highest BCUT2D eigenvalue weighted by Crippen LogP contribution is 2.24. The molecule has 0 aliphatic carbocycles. The number of aromatic nitrogens is 1. The van der Waals surface area contributed by atoms with Crippen LogP contribution < -0.4 is 5.32 Å². The Bertz CT molecular complexity index is 568. The summed E-state index contributed by atoms with van der Waals surface area (Å²) < 4.78 is 1.14. The Morgan fingerprint density at radius 1 is 1.26 bits per heavy atom. The minimum atomic E-state index is 0.570. The van der Waals surface area contributed by atoms with Gasteiger partial charge in [-0.15, -0.1) is 0 Å². The Balaban J connectivity index is 1.83. The number of nitrogens with zero attached hydrogens (tertiary/aromatic N) is 1. The first-order valence-electron chi connectivity index (χ1n) is 6.86. The minimum absolute atomic E-state index is 0.570. The predicted molar refractivity (Wildman–Crippen MR) is 83.3 cm³/mol. The highest BCUT2D eigenvalue weighted by molar-refractivity contribution is 9.10. The van der Waals surface area contributed by atoms with Crippen LogP contribution in [0.3, 0.4) is 0 Å². The van der Waals surface area contributed by atoms with Gasteiger partial charge in [-0.2, -0.15) is 0 Å². The number of piperazine rings is 1. The molecule has 0 spiro atoms. The van der Waals surface area contributed by atoms with E-state index in [0.29, 0.717) is 12.1 Å². The van der Waals surface area contributed by atoms with Gasteiger partial charge in [0, 0.05) is 53.3 Å². The van der Waals surface area contributed by atoms with E-state index in [9.17, 15) is 0 Å². The van der Waals surface area contributed by atoms with Crippen LogP contribution in [0.15, 0.2) is 28.9 Å². The van der Waals surface area contributed by atoms with Crippen molar-refractivity contribution in [2.75, 3.05) is 13.1 Å². The highest BCUT2D eigenvalue weighted by Gasteiger charge is 2.21. The molecule has 0 amide bonds. The van der Waals surface area contributed by atoms with Crippen molar-refractivity contribution in [2.24, 2.45) is 0 Å². The summed E-state index contributed by atoms with van der Waals surface area (Å²) in [5.41, 5.74) is 2.60. The number of hydrogen-bond donors (Lipinski definition) is 2. The van der Waals surface area contributed by atoms with Crippen LogP contribution in [0.1, 0.15) is 19.4 Å². The number of fused-ring (bicyclic) bond motifs is 1. The molecule has 3 nitrogen and oxygen atoms in total. The standard InChI is InChI=1S/C15H20BrN3/c1-10-7-19(8-11(2)18-10)9-12-6-17-15-4-3-13(16)5-14(12)15/h3-6,10-11,17-18H,7-9H2,1-2H3. The van der Waals surface area contributed by atoms with Gasteiger partial charge in [-0.3, -0.25) is 4.90 Å². The number of nitrogens with one attached hydrogen (secondary N) is 2. The van der Waals surface area contributed by atoms with Crippen molar-refractivity contribution in [3.05, 3.63) is 34.4 Å². The van der Waals surface area contributed by atoms with Crippen LogP contribution in [-0.2, 0) is 6.54 Å². The van der Waals surface area contributed by atoms with Crippen molar-refractivity contribution >= 4 is 26.8 Å². The van der Waals surface area contributed by atoms with Gasteiger partial charge in [-0.1, -0.05) is 15.9 Å². The lowest BCUT2D eigenvalue weighted by atomic mass is 10.1. The second-order valence-electron chi connectivity index (χ2n) is 5.67. The number of halogens is 1. The predicted octanol–water partition coefficient (Wildman–Crippen LogP) is 3.11. The third-order valence-corrected chi connectivity index (χ3v) is 4.25. The molecule has 2 aromatic rings. The maximum atomic E-state index is 3.58. The molecule has 0 saturated carbocycles.